The van der Waals surface area contributed by atoms with Crippen molar-refractivity contribution in [2.75, 3.05) is 20.3 Å². The zero-order valence-electron chi connectivity index (χ0n) is 11.9. The fourth-order valence-corrected chi connectivity index (χ4v) is 3.28. The van der Waals surface area contributed by atoms with Crippen molar-refractivity contribution >= 4 is 5.91 Å². The van der Waals surface area contributed by atoms with E-state index in [0.717, 1.165) is 19.3 Å². The summed E-state index contributed by atoms with van der Waals surface area (Å²) in [6, 6.07) is 8.73. The lowest BCUT2D eigenvalue weighted by molar-refractivity contribution is -0.126. The summed E-state index contributed by atoms with van der Waals surface area (Å²) in [4.78, 5) is 12.5. The van der Waals surface area contributed by atoms with Gasteiger partial charge >= 0.3 is 0 Å². The van der Waals surface area contributed by atoms with Gasteiger partial charge in [0.25, 0.3) is 0 Å². The molecule has 4 heteroatoms. The standard InChI is InChI=1S/C16H22N2O2/c1-17-15-10-20-9-13(15)16(19)18-14-8-4-6-11-5-2-3-7-12(11)14/h2-3,5,7,13-15,17H,4,6,8-10H2,1H3,(H,18,19). The zero-order chi connectivity index (χ0) is 13.9. The van der Waals surface area contributed by atoms with Gasteiger partial charge in [0.15, 0.2) is 0 Å². The summed E-state index contributed by atoms with van der Waals surface area (Å²) in [6.45, 7) is 1.14. The first-order valence-electron chi connectivity index (χ1n) is 7.43. The van der Waals surface area contributed by atoms with Crippen LogP contribution in [0.15, 0.2) is 24.3 Å². The van der Waals surface area contributed by atoms with Gasteiger partial charge in [-0.3, -0.25) is 4.79 Å². The molecule has 1 aromatic rings. The molecule has 0 radical (unpaired) electrons. The molecule has 20 heavy (non-hydrogen) atoms. The van der Waals surface area contributed by atoms with Crippen LogP contribution < -0.4 is 10.6 Å². The average molecular weight is 274 g/mol. The van der Waals surface area contributed by atoms with Crippen LogP contribution in [-0.2, 0) is 16.0 Å². The smallest absolute Gasteiger partial charge is 0.227 e. The van der Waals surface area contributed by atoms with Crippen molar-refractivity contribution in [3.8, 4) is 0 Å². The Balaban J connectivity index is 1.71. The van der Waals surface area contributed by atoms with Crippen molar-refractivity contribution < 1.29 is 9.53 Å². The quantitative estimate of drug-likeness (QED) is 0.876. The highest BCUT2D eigenvalue weighted by Crippen LogP contribution is 2.30. The first-order valence-corrected chi connectivity index (χ1v) is 7.43. The molecule has 4 nitrogen and oxygen atoms in total. The Labute approximate surface area is 119 Å². The number of ether oxygens (including phenoxy) is 1. The van der Waals surface area contributed by atoms with Crippen LogP contribution in [0.4, 0.5) is 0 Å². The molecule has 1 saturated heterocycles. The largest absolute Gasteiger partial charge is 0.379 e. The van der Waals surface area contributed by atoms with E-state index in [4.69, 9.17) is 4.74 Å². The summed E-state index contributed by atoms with van der Waals surface area (Å²) in [6.07, 6.45) is 3.29. The van der Waals surface area contributed by atoms with E-state index in [2.05, 4.69) is 34.9 Å². The van der Waals surface area contributed by atoms with Crippen LogP contribution in [0.25, 0.3) is 0 Å². The number of rotatable bonds is 3. The fourth-order valence-electron chi connectivity index (χ4n) is 3.28. The highest BCUT2D eigenvalue weighted by atomic mass is 16.5. The van der Waals surface area contributed by atoms with Crippen molar-refractivity contribution in [3.63, 3.8) is 0 Å². The minimum Gasteiger partial charge on any atom is -0.379 e. The Morgan fingerprint density at radius 3 is 3.00 bits per heavy atom. The molecule has 1 heterocycles. The monoisotopic (exact) mass is 274 g/mol. The summed E-state index contributed by atoms with van der Waals surface area (Å²) < 4.78 is 5.42. The van der Waals surface area contributed by atoms with Crippen molar-refractivity contribution in [2.45, 2.75) is 31.3 Å². The maximum Gasteiger partial charge on any atom is 0.227 e. The number of carbonyl (C=O) groups is 1. The van der Waals surface area contributed by atoms with Gasteiger partial charge in [-0.25, -0.2) is 0 Å². The maximum absolute atomic E-state index is 12.5. The molecule has 0 saturated carbocycles. The van der Waals surface area contributed by atoms with E-state index in [9.17, 15) is 4.79 Å². The molecule has 0 spiro atoms. The predicted molar refractivity (Wildman–Crippen MR) is 77.4 cm³/mol. The second-order valence-corrected chi connectivity index (χ2v) is 5.69. The van der Waals surface area contributed by atoms with Crippen LogP contribution in [0.1, 0.15) is 30.0 Å². The fraction of sp³-hybridized carbons (Fsp3) is 0.562. The van der Waals surface area contributed by atoms with Gasteiger partial charge in [0, 0.05) is 6.04 Å². The van der Waals surface area contributed by atoms with Gasteiger partial charge in [-0.05, 0) is 37.4 Å². The van der Waals surface area contributed by atoms with E-state index >= 15 is 0 Å². The number of hydrogen-bond donors (Lipinski definition) is 2. The molecule has 2 aliphatic rings. The normalized spacial score (nSPS) is 28.9. The lowest BCUT2D eigenvalue weighted by atomic mass is 9.87. The number of benzene rings is 1. The number of aryl methyl sites for hydroxylation is 1. The minimum absolute atomic E-state index is 0.0749. The Kier molecular flexibility index (Phi) is 4.03. The molecule has 3 rings (SSSR count). The Morgan fingerprint density at radius 1 is 1.30 bits per heavy atom. The van der Waals surface area contributed by atoms with Crippen molar-refractivity contribution in [2.24, 2.45) is 5.92 Å². The topological polar surface area (TPSA) is 50.4 Å². The van der Waals surface area contributed by atoms with Crippen LogP contribution in [0, 0.1) is 5.92 Å². The molecule has 0 bridgehead atoms. The van der Waals surface area contributed by atoms with Crippen LogP contribution in [-0.4, -0.2) is 32.2 Å². The highest BCUT2D eigenvalue weighted by molar-refractivity contribution is 5.80. The molecule has 3 atom stereocenters. The molecular weight excluding hydrogens is 252 g/mol. The van der Waals surface area contributed by atoms with Gasteiger partial charge in [0.2, 0.25) is 5.91 Å². The molecule has 1 aromatic carbocycles. The summed E-state index contributed by atoms with van der Waals surface area (Å²) in [5.41, 5.74) is 2.66. The Morgan fingerprint density at radius 2 is 2.15 bits per heavy atom. The summed E-state index contributed by atoms with van der Waals surface area (Å²) in [5, 5.41) is 6.39. The third kappa shape index (κ3) is 2.58. The summed E-state index contributed by atoms with van der Waals surface area (Å²) >= 11 is 0. The van der Waals surface area contributed by atoms with E-state index in [0.29, 0.717) is 13.2 Å². The van der Waals surface area contributed by atoms with Crippen LogP contribution >= 0.6 is 0 Å². The van der Waals surface area contributed by atoms with Crippen molar-refractivity contribution in [3.05, 3.63) is 35.4 Å². The van der Waals surface area contributed by atoms with E-state index in [1.165, 1.54) is 11.1 Å². The lowest BCUT2D eigenvalue weighted by Crippen LogP contribution is -2.44. The van der Waals surface area contributed by atoms with Gasteiger partial charge < -0.3 is 15.4 Å². The maximum atomic E-state index is 12.5. The van der Waals surface area contributed by atoms with E-state index in [1.54, 1.807) is 0 Å². The van der Waals surface area contributed by atoms with Crippen molar-refractivity contribution in [1.29, 1.82) is 0 Å². The zero-order valence-corrected chi connectivity index (χ0v) is 11.9. The molecule has 2 N–H and O–H groups in total. The van der Waals surface area contributed by atoms with Crippen LogP contribution in [0.5, 0.6) is 0 Å². The second kappa shape index (κ2) is 5.94. The number of fused-ring (bicyclic) bond motifs is 1. The minimum atomic E-state index is -0.0749. The number of amides is 1. The number of likely N-dealkylation sites (N-methyl/N-ethyl adjacent to an activating group) is 1. The summed E-state index contributed by atoms with van der Waals surface area (Å²) in [5.74, 6) is 0.0395. The van der Waals surface area contributed by atoms with Gasteiger partial charge in [-0.15, -0.1) is 0 Å². The second-order valence-electron chi connectivity index (χ2n) is 5.69. The Bertz CT molecular complexity index is 489. The Hall–Kier alpha value is -1.39. The van der Waals surface area contributed by atoms with Crippen molar-refractivity contribution in [1.82, 2.24) is 10.6 Å². The number of hydrogen-bond acceptors (Lipinski definition) is 3. The number of carbonyl (C=O) groups excluding carboxylic acids is 1. The first kappa shape index (κ1) is 13.6. The highest BCUT2D eigenvalue weighted by Gasteiger charge is 2.34. The third-order valence-electron chi connectivity index (χ3n) is 4.47. The van der Waals surface area contributed by atoms with E-state index in [1.807, 2.05) is 7.05 Å². The summed E-state index contributed by atoms with van der Waals surface area (Å²) in [7, 11) is 1.88. The predicted octanol–water partition coefficient (Wildman–Crippen LogP) is 1.41. The molecule has 108 valence electrons. The van der Waals surface area contributed by atoms with Gasteiger partial charge in [-0.1, -0.05) is 24.3 Å². The molecule has 3 unspecified atom stereocenters. The number of nitrogens with one attached hydrogen (secondary N) is 2. The average Bonchev–Trinajstić information content (AvgIpc) is 2.96. The van der Waals surface area contributed by atoms with Gasteiger partial charge in [-0.2, -0.15) is 0 Å². The molecule has 1 amide bonds. The van der Waals surface area contributed by atoms with Crippen LogP contribution in [0.2, 0.25) is 0 Å². The molecule has 0 aromatic heterocycles. The molecular formula is C16H22N2O2. The lowest BCUT2D eigenvalue weighted by Gasteiger charge is -2.28. The van der Waals surface area contributed by atoms with Gasteiger partial charge in [0.1, 0.15) is 0 Å². The van der Waals surface area contributed by atoms with Gasteiger partial charge in [0.05, 0.1) is 25.2 Å². The molecule has 1 aliphatic heterocycles. The third-order valence-corrected chi connectivity index (χ3v) is 4.47. The van der Waals surface area contributed by atoms with Crippen LogP contribution in [0.3, 0.4) is 0 Å². The van der Waals surface area contributed by atoms with E-state index in [-0.39, 0.29) is 23.9 Å². The molecule has 1 fully saturated rings. The van der Waals surface area contributed by atoms with E-state index < -0.39 is 0 Å². The SMILES string of the molecule is CNC1COCC1C(=O)NC1CCCc2ccccc21. The molecule has 1 aliphatic carbocycles. The first-order chi connectivity index (χ1) is 9.79.